The molecule has 2 fully saturated rings. The summed E-state index contributed by atoms with van der Waals surface area (Å²) in [5.41, 5.74) is 7.48. The van der Waals surface area contributed by atoms with Gasteiger partial charge in [0.15, 0.2) is 0 Å². The van der Waals surface area contributed by atoms with Crippen molar-refractivity contribution in [2.24, 2.45) is 17.6 Å². The van der Waals surface area contributed by atoms with Gasteiger partial charge in [-0.3, -0.25) is 10.2 Å². The Balaban J connectivity index is 0.00000261. The summed E-state index contributed by atoms with van der Waals surface area (Å²) >= 11 is 0. The minimum absolute atomic E-state index is 0. The summed E-state index contributed by atoms with van der Waals surface area (Å²) in [4.78, 5) is 13.4. The van der Waals surface area contributed by atoms with Gasteiger partial charge in [-0.05, 0) is 75.3 Å². The Labute approximate surface area is 191 Å². The fourth-order valence-electron chi connectivity index (χ4n) is 4.12. The van der Waals surface area contributed by atoms with Crippen molar-refractivity contribution in [2.75, 3.05) is 24.5 Å². The molecular weight excluding hydrogens is 435 g/mol. The number of hydrogen-bond donors (Lipinski definition) is 4. The number of anilines is 1. The maximum Gasteiger partial charge on any atom is 0.306 e. The number of carboxylic acid groups (broad SMARTS) is 1. The largest absolute Gasteiger partial charge is 0.481 e. The van der Waals surface area contributed by atoms with Crippen molar-refractivity contribution in [1.29, 1.82) is 5.41 Å². The Morgan fingerprint density at radius 3 is 2.07 bits per heavy atom. The molecule has 0 atom stereocenters. The molecule has 5 N–H and O–H groups in total. The summed E-state index contributed by atoms with van der Waals surface area (Å²) in [6.45, 7) is 3.15. The van der Waals surface area contributed by atoms with Gasteiger partial charge in [0.05, 0.1) is 5.92 Å². The normalized spacial score (nSPS) is 21.9. The molecule has 6 nitrogen and oxygen atoms in total. The molecular formula is C20H33Cl3N4O2. The van der Waals surface area contributed by atoms with E-state index in [9.17, 15) is 4.79 Å². The van der Waals surface area contributed by atoms with Gasteiger partial charge in [-0.1, -0.05) is 0 Å². The van der Waals surface area contributed by atoms with E-state index in [1.54, 1.807) is 0 Å². The third-order valence-electron chi connectivity index (χ3n) is 5.93. The Morgan fingerprint density at radius 2 is 1.59 bits per heavy atom. The molecule has 0 spiro atoms. The summed E-state index contributed by atoms with van der Waals surface area (Å²) in [7, 11) is 0. The monoisotopic (exact) mass is 466 g/mol. The molecule has 0 radical (unpaired) electrons. The van der Waals surface area contributed by atoms with Crippen LogP contribution in [0.3, 0.4) is 0 Å². The van der Waals surface area contributed by atoms with E-state index in [-0.39, 0.29) is 49.0 Å². The summed E-state index contributed by atoms with van der Waals surface area (Å²) in [5.74, 6) is 0.0384. The number of nitrogen functional groups attached to an aromatic ring is 1. The number of nitrogens with one attached hydrogen (secondary N) is 2. The molecule has 3 rings (SSSR count). The van der Waals surface area contributed by atoms with E-state index >= 15 is 0 Å². The van der Waals surface area contributed by atoms with E-state index in [0.717, 1.165) is 50.9 Å². The topological polar surface area (TPSA) is 102 Å². The van der Waals surface area contributed by atoms with Gasteiger partial charge >= 0.3 is 5.97 Å². The Hall–Kier alpha value is -1.21. The zero-order valence-corrected chi connectivity index (χ0v) is 19.0. The second-order valence-electron chi connectivity index (χ2n) is 7.69. The van der Waals surface area contributed by atoms with E-state index in [2.05, 4.69) is 22.3 Å². The molecule has 1 saturated carbocycles. The van der Waals surface area contributed by atoms with Crippen LogP contribution in [0.15, 0.2) is 24.3 Å². The maximum absolute atomic E-state index is 11.0. The van der Waals surface area contributed by atoms with Crippen LogP contribution in [0.2, 0.25) is 0 Å². The maximum atomic E-state index is 11.0. The van der Waals surface area contributed by atoms with Gasteiger partial charge in [0.1, 0.15) is 5.84 Å². The highest BCUT2D eigenvalue weighted by Gasteiger charge is 2.26. The minimum Gasteiger partial charge on any atom is -0.481 e. The average Bonchev–Trinajstić information content (AvgIpc) is 2.67. The molecule has 1 aromatic rings. The van der Waals surface area contributed by atoms with E-state index in [1.165, 1.54) is 18.5 Å². The van der Waals surface area contributed by atoms with Crippen molar-refractivity contribution >= 4 is 54.7 Å². The number of carbonyl (C=O) groups is 1. The van der Waals surface area contributed by atoms with E-state index < -0.39 is 5.97 Å². The van der Waals surface area contributed by atoms with E-state index in [4.69, 9.17) is 16.2 Å². The lowest BCUT2D eigenvalue weighted by atomic mass is 9.85. The smallest absolute Gasteiger partial charge is 0.306 e. The molecule has 0 aromatic heterocycles. The molecule has 9 heteroatoms. The predicted octanol–water partition coefficient (Wildman–Crippen LogP) is 3.69. The number of amidine groups is 1. The molecule has 2 aliphatic rings. The van der Waals surface area contributed by atoms with Crippen LogP contribution in [0.25, 0.3) is 0 Å². The number of nitrogens with two attached hydrogens (primary N) is 1. The summed E-state index contributed by atoms with van der Waals surface area (Å²) in [5, 5.41) is 20.2. The van der Waals surface area contributed by atoms with Crippen molar-refractivity contribution in [2.45, 2.75) is 44.6 Å². The minimum atomic E-state index is -0.632. The fraction of sp³-hybridized carbons (Fsp3) is 0.600. The Morgan fingerprint density at radius 1 is 1.03 bits per heavy atom. The molecule has 0 bridgehead atoms. The highest BCUT2D eigenvalue weighted by Crippen LogP contribution is 2.26. The lowest BCUT2D eigenvalue weighted by Gasteiger charge is -2.35. The first-order valence-corrected chi connectivity index (χ1v) is 9.68. The van der Waals surface area contributed by atoms with Crippen LogP contribution in [-0.4, -0.2) is 42.6 Å². The van der Waals surface area contributed by atoms with Crippen molar-refractivity contribution in [3.05, 3.63) is 29.8 Å². The number of rotatable bonds is 6. The van der Waals surface area contributed by atoms with Crippen molar-refractivity contribution in [1.82, 2.24) is 5.32 Å². The second kappa shape index (κ2) is 13.2. The molecule has 29 heavy (non-hydrogen) atoms. The van der Waals surface area contributed by atoms with E-state index in [1.807, 2.05) is 12.1 Å². The second-order valence-corrected chi connectivity index (χ2v) is 7.69. The zero-order valence-electron chi connectivity index (χ0n) is 16.5. The van der Waals surface area contributed by atoms with Gasteiger partial charge in [0, 0.05) is 30.4 Å². The molecule has 1 aliphatic heterocycles. The van der Waals surface area contributed by atoms with Crippen LogP contribution in [0.1, 0.15) is 44.1 Å². The van der Waals surface area contributed by atoms with Crippen LogP contribution >= 0.6 is 37.2 Å². The van der Waals surface area contributed by atoms with Crippen molar-refractivity contribution in [3.8, 4) is 0 Å². The number of benzene rings is 1. The van der Waals surface area contributed by atoms with Gasteiger partial charge in [-0.2, -0.15) is 0 Å². The van der Waals surface area contributed by atoms with Gasteiger partial charge in [-0.15, -0.1) is 37.2 Å². The first kappa shape index (κ1) is 27.8. The summed E-state index contributed by atoms with van der Waals surface area (Å²) < 4.78 is 0. The molecule has 166 valence electrons. The van der Waals surface area contributed by atoms with Crippen LogP contribution in [0.5, 0.6) is 0 Å². The number of halogens is 3. The number of aliphatic carboxylic acids is 1. The summed E-state index contributed by atoms with van der Waals surface area (Å²) in [6.07, 6.45) is 5.93. The third-order valence-corrected chi connectivity index (χ3v) is 5.93. The third kappa shape index (κ3) is 7.85. The molecule has 1 heterocycles. The van der Waals surface area contributed by atoms with Gasteiger partial charge in [0.2, 0.25) is 0 Å². The van der Waals surface area contributed by atoms with Crippen LogP contribution in [-0.2, 0) is 4.79 Å². The lowest BCUT2D eigenvalue weighted by molar-refractivity contribution is -0.142. The fourth-order valence-corrected chi connectivity index (χ4v) is 4.12. The number of nitrogens with zero attached hydrogens (tertiary/aromatic N) is 1. The quantitative estimate of drug-likeness (QED) is 0.377. The molecule has 1 aliphatic carbocycles. The van der Waals surface area contributed by atoms with Crippen molar-refractivity contribution in [3.63, 3.8) is 0 Å². The number of piperidine rings is 1. The molecule has 1 aromatic carbocycles. The molecule has 0 amide bonds. The van der Waals surface area contributed by atoms with Crippen LogP contribution in [0.4, 0.5) is 5.69 Å². The first-order chi connectivity index (χ1) is 12.5. The SMILES string of the molecule is Cl.Cl.Cl.N=C(N)c1ccc(N2CCC(CN[C@H]3CC[C@H](C(=O)O)CC3)CC2)cc1. The average molecular weight is 468 g/mol. The predicted molar refractivity (Wildman–Crippen MR) is 126 cm³/mol. The highest BCUT2D eigenvalue weighted by atomic mass is 35.5. The van der Waals surface area contributed by atoms with Crippen molar-refractivity contribution < 1.29 is 9.90 Å². The molecule has 1 saturated heterocycles. The van der Waals surface area contributed by atoms with Crippen LogP contribution in [0, 0.1) is 17.2 Å². The van der Waals surface area contributed by atoms with E-state index in [0.29, 0.717) is 12.0 Å². The Bertz CT molecular complexity index is 629. The van der Waals surface area contributed by atoms with Gasteiger partial charge in [0.25, 0.3) is 0 Å². The molecule has 0 unspecified atom stereocenters. The first-order valence-electron chi connectivity index (χ1n) is 9.68. The van der Waals surface area contributed by atoms with Gasteiger partial charge in [-0.25, -0.2) is 0 Å². The number of carboxylic acids is 1. The highest BCUT2D eigenvalue weighted by molar-refractivity contribution is 5.95. The summed E-state index contributed by atoms with van der Waals surface area (Å²) in [6, 6.07) is 8.42. The van der Waals surface area contributed by atoms with Crippen LogP contribution < -0.4 is 16.0 Å². The standard InChI is InChI=1S/C20H30N4O2.3ClH/c21-19(22)15-3-7-18(8-4-15)24-11-9-14(10-12-24)13-23-17-5-1-16(2-6-17)20(25)26;;;/h3-4,7-8,14,16-17,23H,1-2,5-6,9-13H2,(H3,21,22)(H,25,26);3*1H/t16-,17-;;;. The Kier molecular flexibility index (Phi) is 12.6. The zero-order chi connectivity index (χ0) is 18.5. The number of hydrogen-bond acceptors (Lipinski definition) is 4. The lowest BCUT2D eigenvalue weighted by Crippen LogP contribution is -2.41. The van der Waals surface area contributed by atoms with Gasteiger partial charge < -0.3 is 21.1 Å².